The lowest BCUT2D eigenvalue weighted by molar-refractivity contribution is -0.0242. The third-order valence-corrected chi connectivity index (χ3v) is 8.35. The predicted octanol–water partition coefficient (Wildman–Crippen LogP) is 5.34. The molecule has 0 fully saturated rings. The Morgan fingerprint density at radius 1 is 1.07 bits per heavy atom. The number of aliphatic hydroxyl groups is 1. The van der Waals surface area contributed by atoms with Crippen LogP contribution in [0.25, 0.3) is 22.0 Å². The van der Waals surface area contributed by atoms with Gasteiger partial charge in [-0.05, 0) is 37.2 Å². The molecule has 0 aliphatic carbocycles. The number of hydrogen-bond acceptors (Lipinski definition) is 5. The fraction of sp³-hybridized carbons (Fsp3) is 0.382. The molecule has 7 nitrogen and oxygen atoms in total. The van der Waals surface area contributed by atoms with Gasteiger partial charge in [-0.1, -0.05) is 67.6 Å². The Labute approximate surface area is 242 Å². The molecule has 0 unspecified atom stereocenters. The van der Waals surface area contributed by atoms with E-state index in [1.807, 2.05) is 65.9 Å². The second-order valence-electron chi connectivity index (χ2n) is 11.3. The fourth-order valence-corrected chi connectivity index (χ4v) is 6.02. The summed E-state index contributed by atoms with van der Waals surface area (Å²) in [6.07, 6.45) is -0.151. The normalized spacial score (nSPS) is 18.6. The number of fused-ring (bicyclic) bond motifs is 5. The van der Waals surface area contributed by atoms with Crippen LogP contribution in [0.1, 0.15) is 35.5 Å². The average Bonchev–Trinajstić information content (AvgIpc) is 3.28. The van der Waals surface area contributed by atoms with Crippen LogP contribution in [0.4, 0.5) is 0 Å². The van der Waals surface area contributed by atoms with E-state index in [0.29, 0.717) is 31.9 Å². The highest BCUT2D eigenvalue weighted by atomic mass is 16.5. The van der Waals surface area contributed by atoms with E-state index in [9.17, 15) is 9.90 Å². The van der Waals surface area contributed by atoms with Crippen LogP contribution >= 0.6 is 0 Å². The molecule has 41 heavy (non-hydrogen) atoms. The predicted molar refractivity (Wildman–Crippen MR) is 163 cm³/mol. The van der Waals surface area contributed by atoms with Gasteiger partial charge < -0.3 is 24.0 Å². The number of aliphatic hydroxyl groups excluding tert-OH is 1. The third kappa shape index (κ3) is 5.75. The van der Waals surface area contributed by atoms with Crippen molar-refractivity contribution in [1.29, 1.82) is 0 Å². The number of hydrogen-bond donors (Lipinski definition) is 1. The van der Waals surface area contributed by atoms with Crippen LogP contribution < -0.4 is 4.74 Å². The van der Waals surface area contributed by atoms with Crippen LogP contribution in [-0.4, -0.2) is 71.4 Å². The fourth-order valence-electron chi connectivity index (χ4n) is 6.02. The van der Waals surface area contributed by atoms with Crippen LogP contribution in [0.2, 0.25) is 0 Å². The zero-order valence-corrected chi connectivity index (χ0v) is 24.7. The molecule has 4 aromatic rings. The van der Waals surface area contributed by atoms with Gasteiger partial charge in [-0.15, -0.1) is 0 Å². The van der Waals surface area contributed by atoms with Crippen molar-refractivity contribution in [3.63, 3.8) is 0 Å². The summed E-state index contributed by atoms with van der Waals surface area (Å²) in [5.41, 5.74) is 5.71. The largest absolute Gasteiger partial charge is 0.496 e. The average molecular weight is 556 g/mol. The quantitative estimate of drug-likeness (QED) is 0.333. The summed E-state index contributed by atoms with van der Waals surface area (Å²) < 4.78 is 14.3. The molecule has 0 spiro atoms. The molecule has 5 rings (SSSR count). The van der Waals surface area contributed by atoms with Gasteiger partial charge in [-0.3, -0.25) is 9.69 Å². The maximum atomic E-state index is 14.5. The summed E-state index contributed by atoms with van der Waals surface area (Å²) in [7, 11) is 5.74. The number of ether oxygens (including phenoxy) is 2. The smallest absolute Gasteiger partial charge is 0.271 e. The Kier molecular flexibility index (Phi) is 8.78. The minimum atomic E-state index is -0.348. The maximum absolute atomic E-state index is 14.5. The standard InChI is InChI=1S/C34H41N3O4/c1-23-18-37(24(2)21-38)34(39)33-32(28-15-9-10-16-29(28)36(33)4)27-14-8-6-13-26(27)22-41-31(23)20-35(3)19-25-12-7-11-17-30(25)40-5/h6-17,23-24,31,38H,18-22H2,1-5H3/t23-,24+,31+/m0/s1. The zero-order valence-electron chi connectivity index (χ0n) is 24.7. The maximum Gasteiger partial charge on any atom is 0.271 e. The molecule has 216 valence electrons. The molecule has 1 amide bonds. The van der Waals surface area contributed by atoms with Crippen LogP contribution in [0.5, 0.6) is 5.75 Å². The van der Waals surface area contributed by atoms with E-state index < -0.39 is 0 Å². The van der Waals surface area contributed by atoms with Gasteiger partial charge in [0, 0.05) is 54.6 Å². The van der Waals surface area contributed by atoms with Crippen molar-refractivity contribution < 1.29 is 19.4 Å². The molecule has 1 N–H and O–H groups in total. The van der Waals surface area contributed by atoms with Crippen molar-refractivity contribution in [3.8, 4) is 16.9 Å². The van der Waals surface area contributed by atoms with Gasteiger partial charge in [0.05, 0.1) is 32.5 Å². The summed E-state index contributed by atoms with van der Waals surface area (Å²) in [6, 6.07) is 24.1. The molecule has 0 radical (unpaired) electrons. The minimum absolute atomic E-state index is 0.0106. The molecule has 0 bridgehead atoms. The Hall–Kier alpha value is -3.65. The van der Waals surface area contributed by atoms with E-state index in [-0.39, 0.29) is 30.6 Å². The van der Waals surface area contributed by atoms with E-state index in [4.69, 9.17) is 9.47 Å². The number of likely N-dealkylation sites (N-methyl/N-ethyl adjacent to an activating group) is 1. The molecular weight excluding hydrogens is 514 g/mol. The second kappa shape index (κ2) is 12.5. The SMILES string of the molecule is COc1ccccc1CN(C)C[C@H]1OCc2ccccc2-c2c(n(C)c3ccccc23)C(=O)N([C@H](C)CO)C[C@@H]1C. The Balaban J connectivity index is 1.56. The molecule has 7 heteroatoms. The third-order valence-electron chi connectivity index (χ3n) is 8.35. The van der Waals surface area contributed by atoms with Crippen LogP contribution in [0.3, 0.4) is 0 Å². The Bertz CT molecular complexity index is 1510. The molecule has 3 atom stereocenters. The summed E-state index contributed by atoms with van der Waals surface area (Å²) >= 11 is 0. The number of aryl methyl sites for hydroxylation is 1. The summed E-state index contributed by atoms with van der Waals surface area (Å²) in [5, 5.41) is 11.3. The van der Waals surface area contributed by atoms with Gasteiger partial charge >= 0.3 is 0 Å². The van der Waals surface area contributed by atoms with Gasteiger partial charge in [0.15, 0.2) is 0 Å². The number of rotatable bonds is 7. The lowest BCUT2D eigenvalue weighted by atomic mass is 9.96. The monoisotopic (exact) mass is 555 g/mol. The van der Waals surface area contributed by atoms with Gasteiger partial charge in [0.25, 0.3) is 5.91 Å². The number of carbonyl (C=O) groups excluding carboxylic acids is 1. The topological polar surface area (TPSA) is 67.2 Å². The van der Waals surface area contributed by atoms with Gasteiger partial charge in [-0.2, -0.15) is 0 Å². The van der Waals surface area contributed by atoms with Crippen molar-refractivity contribution in [3.05, 3.63) is 89.6 Å². The molecule has 1 aromatic heterocycles. The van der Waals surface area contributed by atoms with Crippen LogP contribution in [0.15, 0.2) is 72.8 Å². The van der Waals surface area contributed by atoms with Gasteiger partial charge in [0.1, 0.15) is 11.4 Å². The highest BCUT2D eigenvalue weighted by Gasteiger charge is 2.33. The first kappa shape index (κ1) is 28.9. The summed E-state index contributed by atoms with van der Waals surface area (Å²) in [5.74, 6) is 0.796. The summed E-state index contributed by atoms with van der Waals surface area (Å²) in [6.45, 7) is 6.20. The molecule has 1 aliphatic rings. The number of aromatic nitrogens is 1. The van der Waals surface area contributed by atoms with Gasteiger partial charge in [0.2, 0.25) is 0 Å². The van der Waals surface area contributed by atoms with Crippen molar-refractivity contribution >= 4 is 16.8 Å². The highest BCUT2D eigenvalue weighted by molar-refractivity contribution is 6.10. The molecule has 0 saturated carbocycles. The van der Waals surface area contributed by atoms with Crippen molar-refractivity contribution in [1.82, 2.24) is 14.4 Å². The number of amides is 1. The first-order valence-electron chi connectivity index (χ1n) is 14.3. The van der Waals surface area contributed by atoms with E-state index in [1.165, 1.54) is 0 Å². The molecule has 2 heterocycles. The second-order valence-corrected chi connectivity index (χ2v) is 11.3. The van der Waals surface area contributed by atoms with Gasteiger partial charge in [-0.25, -0.2) is 0 Å². The molecular formula is C34H41N3O4. The van der Waals surface area contributed by atoms with Crippen molar-refractivity contribution in [2.75, 3.05) is 33.9 Å². The molecule has 0 saturated heterocycles. The van der Waals surface area contributed by atoms with Crippen LogP contribution in [0, 0.1) is 5.92 Å². The zero-order chi connectivity index (χ0) is 29.1. The first-order chi connectivity index (χ1) is 19.8. The Morgan fingerprint density at radius 2 is 1.78 bits per heavy atom. The lowest BCUT2D eigenvalue weighted by Crippen LogP contribution is -2.47. The number of methoxy groups -OCH3 is 1. The molecule has 3 aromatic carbocycles. The Morgan fingerprint density at radius 3 is 2.56 bits per heavy atom. The van der Waals surface area contributed by atoms with Crippen LogP contribution in [-0.2, 0) is 24.9 Å². The number of para-hydroxylation sites is 2. The number of nitrogens with zero attached hydrogens (tertiary/aromatic N) is 3. The van der Waals surface area contributed by atoms with E-state index in [2.05, 4.69) is 49.2 Å². The van der Waals surface area contributed by atoms with E-state index in [0.717, 1.165) is 38.9 Å². The van der Waals surface area contributed by atoms with Crippen molar-refractivity contribution in [2.24, 2.45) is 13.0 Å². The minimum Gasteiger partial charge on any atom is -0.496 e. The van der Waals surface area contributed by atoms with Crippen molar-refractivity contribution in [2.45, 2.75) is 39.1 Å². The number of carbonyl (C=O) groups is 1. The lowest BCUT2D eigenvalue weighted by Gasteiger charge is -2.35. The summed E-state index contributed by atoms with van der Waals surface area (Å²) in [4.78, 5) is 18.6. The highest BCUT2D eigenvalue weighted by Crippen LogP contribution is 2.38. The van der Waals surface area contributed by atoms with E-state index >= 15 is 0 Å². The van der Waals surface area contributed by atoms with E-state index in [1.54, 1.807) is 7.11 Å². The number of benzene rings is 3. The molecule has 1 aliphatic heterocycles. The first-order valence-corrected chi connectivity index (χ1v) is 14.3.